The van der Waals surface area contributed by atoms with Gasteiger partial charge in [-0.1, -0.05) is 36.4 Å². The number of benzene rings is 2. The maximum absolute atomic E-state index is 12.5. The van der Waals surface area contributed by atoms with Crippen LogP contribution in [-0.4, -0.2) is 0 Å². The second-order valence-corrected chi connectivity index (χ2v) is 7.67. The summed E-state index contributed by atoms with van der Waals surface area (Å²) in [5.41, 5.74) is 3.52. The van der Waals surface area contributed by atoms with Gasteiger partial charge in [0.25, 0.3) is 0 Å². The monoisotopic (exact) mass is 344 g/mol. The molecule has 0 spiro atoms. The fraction of sp³-hybridized carbons (Fsp3) is 0.250. The minimum atomic E-state index is -3.66. The summed E-state index contributed by atoms with van der Waals surface area (Å²) in [6.07, 6.45) is 0. The normalized spacial score (nSPS) is 10.8. The van der Waals surface area contributed by atoms with Gasteiger partial charge in [-0.25, -0.2) is 0 Å². The predicted octanol–water partition coefficient (Wildman–Crippen LogP) is 0.967. The third kappa shape index (κ3) is 4.89. The van der Waals surface area contributed by atoms with E-state index < -0.39 is 7.15 Å². The molecule has 0 atom stereocenters. The molecule has 2 aromatic rings. The molecule has 0 fully saturated rings. The molecule has 0 bridgehead atoms. The summed E-state index contributed by atoms with van der Waals surface area (Å²) in [5.74, 6) is 1.06. The first kappa shape index (κ1) is 19.8. The second-order valence-electron chi connectivity index (χ2n) is 5.07. The number of rotatable bonds is 4. The molecule has 0 saturated heterocycles. The first-order valence-electron chi connectivity index (χ1n) is 6.63. The van der Waals surface area contributed by atoms with Gasteiger partial charge >= 0.3 is 29.6 Å². The Morgan fingerprint density at radius 3 is 1.32 bits per heavy atom. The van der Waals surface area contributed by atoms with Crippen molar-refractivity contribution in [3.8, 4) is 11.5 Å². The first-order chi connectivity index (χ1) is 9.80. The summed E-state index contributed by atoms with van der Waals surface area (Å²) < 4.78 is 11.1. The van der Waals surface area contributed by atoms with Crippen LogP contribution in [0, 0.1) is 27.7 Å². The van der Waals surface area contributed by atoms with E-state index in [-0.39, 0.29) is 29.6 Å². The molecule has 0 aliphatic carbocycles. The van der Waals surface area contributed by atoms with Crippen molar-refractivity contribution in [2.45, 2.75) is 27.7 Å². The van der Waals surface area contributed by atoms with Gasteiger partial charge in [0.05, 0.1) is 0 Å². The Balaban J connectivity index is 0.00000242. The van der Waals surface area contributed by atoms with E-state index in [2.05, 4.69) is 0 Å². The molecule has 0 aliphatic heterocycles. The summed E-state index contributed by atoms with van der Waals surface area (Å²) in [6, 6.07) is 11.4. The van der Waals surface area contributed by atoms with Crippen LogP contribution in [0.25, 0.3) is 0 Å². The number of para-hydroxylation sites is 2. The Morgan fingerprint density at radius 2 is 1.05 bits per heavy atom. The Bertz CT molecular complexity index is 566. The topological polar surface area (TPSA) is 41.5 Å². The Kier molecular flexibility index (Phi) is 7.25. The molecule has 0 saturated carbocycles. The van der Waals surface area contributed by atoms with E-state index in [0.717, 1.165) is 22.3 Å². The van der Waals surface area contributed by atoms with Gasteiger partial charge in [0, 0.05) is 0 Å². The van der Waals surface area contributed by atoms with Crippen LogP contribution < -0.4 is 43.5 Å². The van der Waals surface area contributed by atoms with E-state index in [4.69, 9.17) is 21.3 Å². The van der Waals surface area contributed by atoms with Crippen molar-refractivity contribution >= 4 is 19.4 Å². The van der Waals surface area contributed by atoms with E-state index in [0.29, 0.717) is 11.5 Å². The molecule has 0 aromatic heterocycles. The van der Waals surface area contributed by atoms with E-state index in [9.17, 15) is 4.89 Å². The van der Waals surface area contributed by atoms with E-state index in [1.807, 2.05) is 64.1 Å². The Hall–Kier alpha value is -0.220. The van der Waals surface area contributed by atoms with Crippen LogP contribution in [0.5, 0.6) is 11.5 Å². The molecule has 2 rings (SSSR count). The zero-order chi connectivity index (χ0) is 15.6. The maximum atomic E-state index is 12.5. The molecular formula is C16H18NaO3PS. The van der Waals surface area contributed by atoms with Crippen LogP contribution in [0.2, 0.25) is 0 Å². The molecule has 6 heteroatoms. The van der Waals surface area contributed by atoms with Gasteiger partial charge in [0.2, 0.25) is 7.15 Å². The zero-order valence-electron chi connectivity index (χ0n) is 13.5. The third-order valence-corrected chi connectivity index (χ3v) is 4.48. The van der Waals surface area contributed by atoms with Crippen LogP contribution in [0.1, 0.15) is 22.3 Å². The number of aryl methyl sites for hydroxylation is 4. The van der Waals surface area contributed by atoms with Crippen molar-refractivity contribution in [2.75, 3.05) is 0 Å². The number of hydrogen-bond acceptors (Lipinski definition) is 4. The summed E-state index contributed by atoms with van der Waals surface area (Å²) in [4.78, 5) is 12.5. The van der Waals surface area contributed by atoms with E-state index >= 15 is 0 Å². The summed E-state index contributed by atoms with van der Waals surface area (Å²) in [6.45, 7) is 7.54. The van der Waals surface area contributed by atoms with E-state index in [1.165, 1.54) is 0 Å². The van der Waals surface area contributed by atoms with Crippen molar-refractivity contribution in [3.05, 3.63) is 58.7 Å². The quantitative estimate of drug-likeness (QED) is 0.471. The van der Waals surface area contributed by atoms with Crippen molar-refractivity contribution in [1.82, 2.24) is 0 Å². The summed E-state index contributed by atoms with van der Waals surface area (Å²) >= 11 is 5.06. The Morgan fingerprint density at radius 1 is 0.773 bits per heavy atom. The molecule has 0 radical (unpaired) electrons. The second kappa shape index (κ2) is 8.05. The number of hydrogen-bond donors (Lipinski definition) is 0. The van der Waals surface area contributed by atoms with Crippen molar-refractivity contribution in [1.29, 1.82) is 0 Å². The van der Waals surface area contributed by atoms with Crippen molar-refractivity contribution in [2.24, 2.45) is 0 Å². The predicted molar refractivity (Wildman–Crippen MR) is 87.4 cm³/mol. The van der Waals surface area contributed by atoms with Gasteiger partial charge in [0.15, 0.2) is 11.5 Å². The van der Waals surface area contributed by atoms with Gasteiger partial charge in [-0.2, -0.15) is 0 Å². The first-order valence-corrected chi connectivity index (χ1v) is 9.18. The molecule has 0 N–H and O–H groups in total. The largest absolute Gasteiger partial charge is 1.00 e. The van der Waals surface area contributed by atoms with Crippen LogP contribution in [0.3, 0.4) is 0 Å². The van der Waals surface area contributed by atoms with Crippen LogP contribution in [-0.2, 0) is 12.2 Å². The smallest absolute Gasteiger partial charge is 0.634 e. The van der Waals surface area contributed by atoms with Crippen LogP contribution in [0.15, 0.2) is 36.4 Å². The standard InChI is InChI=1S/C16H19O3PS.Na/c1-11-7-5-8-12(2)15(11)18-20(17,21)19-16-13(3)9-6-10-14(16)4;/h5-10H,1-4H3,(H,17,21);/q;+1/p-1. The molecule has 3 nitrogen and oxygen atoms in total. The molecule has 0 heterocycles. The molecule has 0 unspecified atom stereocenters. The molecule has 112 valence electrons. The SMILES string of the molecule is Cc1cccc(C)c1O[P+]([O-])([S-])Oc1c(C)cccc1C.[Na+]. The third-order valence-electron chi connectivity index (χ3n) is 3.22. The van der Waals surface area contributed by atoms with Crippen molar-refractivity contribution in [3.63, 3.8) is 0 Å². The minimum absolute atomic E-state index is 0. The molecule has 0 amide bonds. The summed E-state index contributed by atoms with van der Waals surface area (Å²) in [5, 5.41) is 0. The molecule has 22 heavy (non-hydrogen) atoms. The average Bonchev–Trinajstić information content (AvgIpc) is 2.39. The van der Waals surface area contributed by atoms with Gasteiger partial charge in [-0.15, -0.1) is 0 Å². The van der Waals surface area contributed by atoms with Crippen molar-refractivity contribution < 1.29 is 43.5 Å². The minimum Gasteiger partial charge on any atom is -0.634 e. The fourth-order valence-corrected chi connectivity index (χ4v) is 3.64. The fourth-order valence-electron chi connectivity index (χ4n) is 2.13. The maximum Gasteiger partial charge on any atom is 1.00 e. The average molecular weight is 344 g/mol. The van der Waals surface area contributed by atoms with Crippen LogP contribution in [0.4, 0.5) is 0 Å². The van der Waals surface area contributed by atoms with Gasteiger partial charge < -0.3 is 26.2 Å². The van der Waals surface area contributed by atoms with Gasteiger partial charge in [-0.3, -0.25) is 0 Å². The molecular weight excluding hydrogens is 326 g/mol. The molecule has 2 aromatic carbocycles. The summed E-state index contributed by atoms with van der Waals surface area (Å²) in [7, 11) is -3.66. The molecule has 0 aliphatic rings. The van der Waals surface area contributed by atoms with Gasteiger partial charge in [-0.05, 0) is 49.9 Å². The Labute approximate surface area is 160 Å². The van der Waals surface area contributed by atoms with Crippen LogP contribution >= 0.6 is 7.15 Å². The van der Waals surface area contributed by atoms with E-state index in [1.54, 1.807) is 0 Å². The zero-order valence-corrected chi connectivity index (χ0v) is 17.3. The van der Waals surface area contributed by atoms with Gasteiger partial charge in [0.1, 0.15) is 0 Å².